The molecule has 0 aliphatic carbocycles. The Labute approximate surface area is 58.6 Å². The predicted molar refractivity (Wildman–Crippen MR) is 38.4 cm³/mol. The van der Waals surface area contributed by atoms with Gasteiger partial charge in [0.15, 0.2) is 0 Å². The van der Waals surface area contributed by atoms with Crippen LogP contribution in [0.5, 0.6) is 0 Å². The van der Waals surface area contributed by atoms with Gasteiger partial charge in [0.25, 0.3) is 0 Å². The van der Waals surface area contributed by atoms with E-state index in [-0.39, 0.29) is 0 Å². The second-order valence-electron chi connectivity index (χ2n) is 2.01. The molecule has 0 bridgehead atoms. The van der Waals surface area contributed by atoms with Gasteiger partial charge in [-0.15, -0.1) is 0 Å². The molecule has 0 unspecified atom stereocenters. The third-order valence-electron chi connectivity index (χ3n) is 1.35. The van der Waals surface area contributed by atoms with Gasteiger partial charge >= 0.3 is 0 Å². The Morgan fingerprint density at radius 2 is 2.40 bits per heavy atom. The minimum Gasteiger partial charge on any atom is -0.255 e. The average molecular weight is 129 g/mol. The van der Waals surface area contributed by atoms with Crippen LogP contribution in [-0.4, -0.2) is 9.97 Å². The fourth-order valence-corrected chi connectivity index (χ4v) is 0.865. The number of aromatic nitrogens is 2. The molecule has 0 saturated heterocycles. The normalized spacial score (nSPS) is 10.0. The van der Waals surface area contributed by atoms with Crippen LogP contribution in [0.2, 0.25) is 0 Å². The molecular formula is C8H5N2. The Morgan fingerprint density at radius 1 is 1.40 bits per heavy atom. The minimum atomic E-state index is 0.918. The number of nitrogens with zero attached hydrogens (tertiary/aromatic N) is 2. The zero-order valence-electron chi connectivity index (χ0n) is 5.28. The van der Waals surface area contributed by atoms with Gasteiger partial charge in [-0.25, -0.2) is 0 Å². The topological polar surface area (TPSA) is 25.8 Å². The van der Waals surface area contributed by atoms with Crippen molar-refractivity contribution in [1.82, 2.24) is 9.97 Å². The highest BCUT2D eigenvalue weighted by Crippen LogP contribution is 2.05. The first kappa shape index (κ1) is 5.35. The summed E-state index contributed by atoms with van der Waals surface area (Å²) in [6.45, 7) is 0. The van der Waals surface area contributed by atoms with Crippen molar-refractivity contribution in [3.05, 3.63) is 36.8 Å². The van der Waals surface area contributed by atoms with Crippen molar-refractivity contribution in [3.63, 3.8) is 0 Å². The van der Waals surface area contributed by atoms with Crippen molar-refractivity contribution in [2.75, 3.05) is 0 Å². The zero-order valence-corrected chi connectivity index (χ0v) is 5.28. The molecule has 1 radical (unpaired) electrons. The van der Waals surface area contributed by atoms with Gasteiger partial charge in [0.1, 0.15) is 0 Å². The molecule has 0 saturated carbocycles. The molecule has 0 aromatic carbocycles. The highest BCUT2D eigenvalue weighted by Gasteiger charge is 1.88. The molecule has 2 nitrogen and oxygen atoms in total. The van der Waals surface area contributed by atoms with E-state index in [1.807, 2.05) is 18.2 Å². The van der Waals surface area contributed by atoms with Crippen molar-refractivity contribution in [3.8, 4) is 0 Å². The number of hydrogen-bond acceptors (Lipinski definition) is 2. The number of fused-ring (bicyclic) bond motifs is 1. The fourth-order valence-electron chi connectivity index (χ4n) is 0.865. The van der Waals surface area contributed by atoms with E-state index in [0.29, 0.717) is 0 Å². The van der Waals surface area contributed by atoms with E-state index in [4.69, 9.17) is 0 Å². The fraction of sp³-hybridized carbons (Fsp3) is 0. The van der Waals surface area contributed by atoms with E-state index in [1.165, 1.54) is 0 Å². The summed E-state index contributed by atoms with van der Waals surface area (Å²) in [6.07, 6.45) is 6.20. The van der Waals surface area contributed by atoms with Crippen LogP contribution >= 0.6 is 0 Å². The van der Waals surface area contributed by atoms with E-state index in [0.717, 1.165) is 10.9 Å². The maximum atomic E-state index is 4.10. The van der Waals surface area contributed by atoms with Crippen LogP contribution in [-0.2, 0) is 0 Å². The molecule has 2 heteroatoms. The molecule has 0 atom stereocenters. The molecule has 0 fully saturated rings. The van der Waals surface area contributed by atoms with Crippen molar-refractivity contribution in [2.24, 2.45) is 0 Å². The molecule has 2 heterocycles. The van der Waals surface area contributed by atoms with Gasteiger partial charge in [0.05, 0.1) is 17.9 Å². The highest BCUT2D eigenvalue weighted by atomic mass is 14.7. The van der Waals surface area contributed by atoms with Crippen molar-refractivity contribution >= 4 is 10.9 Å². The van der Waals surface area contributed by atoms with E-state index in [9.17, 15) is 0 Å². The second-order valence-corrected chi connectivity index (χ2v) is 2.01. The first-order chi connectivity index (χ1) is 4.97. The van der Waals surface area contributed by atoms with Gasteiger partial charge < -0.3 is 0 Å². The Kier molecular flexibility index (Phi) is 1.10. The van der Waals surface area contributed by atoms with Crippen LogP contribution in [0.4, 0.5) is 0 Å². The molecule has 2 rings (SSSR count). The van der Waals surface area contributed by atoms with Crippen LogP contribution < -0.4 is 0 Å². The molecule has 2 aromatic heterocycles. The molecule has 0 N–H and O–H groups in total. The number of rotatable bonds is 0. The van der Waals surface area contributed by atoms with Crippen molar-refractivity contribution in [2.45, 2.75) is 0 Å². The quantitative estimate of drug-likeness (QED) is 0.537. The molecule has 0 aliphatic heterocycles. The van der Waals surface area contributed by atoms with Crippen LogP contribution in [0.3, 0.4) is 0 Å². The van der Waals surface area contributed by atoms with Crippen molar-refractivity contribution in [1.29, 1.82) is 0 Å². The van der Waals surface area contributed by atoms with Gasteiger partial charge in [0, 0.05) is 11.6 Å². The van der Waals surface area contributed by atoms with E-state index >= 15 is 0 Å². The third kappa shape index (κ3) is 0.739. The van der Waals surface area contributed by atoms with Crippen molar-refractivity contribution < 1.29 is 0 Å². The lowest BCUT2D eigenvalue weighted by molar-refractivity contribution is 1.30. The summed E-state index contributed by atoms with van der Waals surface area (Å²) in [4.78, 5) is 7.92. The summed E-state index contributed by atoms with van der Waals surface area (Å²) < 4.78 is 0. The smallest absolute Gasteiger partial charge is 0.0894 e. The Balaban J connectivity index is 2.89. The Hall–Kier alpha value is -1.44. The lowest BCUT2D eigenvalue weighted by atomic mass is 10.3. The summed E-state index contributed by atoms with van der Waals surface area (Å²) in [5.74, 6) is 0. The molecule has 0 spiro atoms. The lowest BCUT2D eigenvalue weighted by Gasteiger charge is -1.90. The summed E-state index contributed by atoms with van der Waals surface area (Å²) in [5, 5.41) is 1.08. The highest BCUT2D eigenvalue weighted by molar-refractivity contribution is 5.76. The molecule has 0 amide bonds. The molecular weight excluding hydrogens is 124 g/mol. The van der Waals surface area contributed by atoms with Crippen LogP contribution in [0.15, 0.2) is 30.6 Å². The molecule has 10 heavy (non-hydrogen) atoms. The third-order valence-corrected chi connectivity index (χ3v) is 1.35. The van der Waals surface area contributed by atoms with Crippen LogP contribution in [0, 0.1) is 6.20 Å². The minimum absolute atomic E-state index is 0.918. The maximum Gasteiger partial charge on any atom is 0.0894 e. The number of pyridine rings is 2. The SMILES string of the molecule is [c]1cc2cccnc2cn1. The van der Waals surface area contributed by atoms with Crippen LogP contribution in [0.1, 0.15) is 0 Å². The van der Waals surface area contributed by atoms with Gasteiger partial charge in [-0.05, 0) is 12.1 Å². The maximum absolute atomic E-state index is 4.10. The van der Waals surface area contributed by atoms with E-state index < -0.39 is 0 Å². The van der Waals surface area contributed by atoms with Gasteiger partial charge in [-0.2, -0.15) is 0 Å². The second kappa shape index (κ2) is 2.06. The first-order valence-electron chi connectivity index (χ1n) is 3.03. The molecule has 47 valence electrons. The van der Waals surface area contributed by atoms with Gasteiger partial charge in [-0.1, -0.05) is 6.07 Å². The lowest BCUT2D eigenvalue weighted by Crippen LogP contribution is -1.77. The Morgan fingerprint density at radius 3 is 3.30 bits per heavy atom. The van der Waals surface area contributed by atoms with Gasteiger partial charge in [-0.3, -0.25) is 9.97 Å². The first-order valence-corrected chi connectivity index (χ1v) is 3.03. The van der Waals surface area contributed by atoms with Gasteiger partial charge in [0.2, 0.25) is 0 Å². The zero-order chi connectivity index (χ0) is 6.81. The molecule has 2 aromatic rings. The average Bonchev–Trinajstić information content (AvgIpc) is 2.05. The summed E-state index contributed by atoms with van der Waals surface area (Å²) in [6, 6.07) is 5.71. The standard InChI is InChI=1S/C8H5N2/c1-2-7-3-5-9-6-8(7)10-4-1/h1-4,6H. The predicted octanol–water partition coefficient (Wildman–Crippen LogP) is 1.43. The Bertz CT molecular complexity index is 278. The molecule has 0 aliphatic rings. The summed E-state index contributed by atoms with van der Waals surface area (Å²) in [7, 11) is 0. The summed E-state index contributed by atoms with van der Waals surface area (Å²) in [5.41, 5.74) is 0.918. The largest absolute Gasteiger partial charge is 0.255 e. The number of hydrogen-bond donors (Lipinski definition) is 0. The summed E-state index contributed by atoms with van der Waals surface area (Å²) >= 11 is 0. The van der Waals surface area contributed by atoms with Crippen LogP contribution in [0.25, 0.3) is 10.9 Å². The van der Waals surface area contributed by atoms with E-state index in [1.54, 1.807) is 12.4 Å². The monoisotopic (exact) mass is 129 g/mol. The van der Waals surface area contributed by atoms with E-state index in [2.05, 4.69) is 16.2 Å².